The predicted molar refractivity (Wildman–Crippen MR) is 137 cm³/mol. The summed E-state index contributed by atoms with van der Waals surface area (Å²) in [7, 11) is 0. The number of nitrogens with one attached hydrogen (secondary N) is 1. The number of anilines is 1. The fraction of sp³-hybridized carbons (Fsp3) is 0.400. The van der Waals surface area contributed by atoms with Crippen molar-refractivity contribution in [1.29, 1.82) is 0 Å². The lowest BCUT2D eigenvalue weighted by Gasteiger charge is -2.32. The highest BCUT2D eigenvalue weighted by atomic mass is 19.4. The lowest BCUT2D eigenvalue weighted by Crippen LogP contribution is -2.44. The Bertz CT molecular complexity index is 1520. The number of fused-ring (bicyclic) bond motifs is 1. The fourth-order valence-electron chi connectivity index (χ4n) is 4.59. The quantitative estimate of drug-likeness (QED) is 0.261. The van der Waals surface area contributed by atoms with Gasteiger partial charge in [-0.05, 0) is 46.6 Å². The third kappa shape index (κ3) is 5.50. The number of carbonyl (C=O) groups is 2. The van der Waals surface area contributed by atoms with Gasteiger partial charge in [-0.1, -0.05) is 6.07 Å². The van der Waals surface area contributed by atoms with Gasteiger partial charge in [0.05, 0.1) is 23.1 Å². The predicted octanol–water partition coefficient (Wildman–Crippen LogP) is 3.16. The van der Waals surface area contributed by atoms with E-state index in [0.717, 1.165) is 6.07 Å². The van der Waals surface area contributed by atoms with Crippen LogP contribution in [0.3, 0.4) is 0 Å². The molecule has 0 bridgehead atoms. The first-order valence-corrected chi connectivity index (χ1v) is 12.4. The fourth-order valence-corrected chi connectivity index (χ4v) is 4.59. The highest BCUT2D eigenvalue weighted by molar-refractivity contribution is 6.00. The largest absolute Gasteiger partial charge is 0.420 e. The van der Waals surface area contributed by atoms with Gasteiger partial charge in [0, 0.05) is 29.4 Å². The van der Waals surface area contributed by atoms with Crippen LogP contribution in [0.15, 0.2) is 30.9 Å². The number of aliphatic hydroxyl groups excluding tert-OH is 1. The Balaban J connectivity index is 1.67. The van der Waals surface area contributed by atoms with Crippen LogP contribution in [0.1, 0.15) is 72.6 Å². The van der Waals surface area contributed by atoms with Gasteiger partial charge in [-0.15, -0.1) is 10.2 Å². The summed E-state index contributed by atoms with van der Waals surface area (Å²) in [6.07, 6.45) is -2.94. The number of aliphatic hydroxyl groups is 1. The second-order valence-electron chi connectivity index (χ2n) is 9.62. The molecule has 0 unspecified atom stereocenters. The van der Waals surface area contributed by atoms with Gasteiger partial charge in [0.1, 0.15) is 12.1 Å². The first kappa shape index (κ1) is 28.6. The first-order valence-electron chi connectivity index (χ1n) is 12.4. The zero-order valence-corrected chi connectivity index (χ0v) is 22.1. The van der Waals surface area contributed by atoms with E-state index in [9.17, 15) is 27.9 Å². The normalized spacial score (nSPS) is 13.5. The maximum Gasteiger partial charge on any atom is 0.420 e. The number of carbonyl (C=O) groups excluding carboxylic acids is 2. The van der Waals surface area contributed by atoms with Crippen LogP contribution in [0.4, 0.5) is 19.0 Å². The summed E-state index contributed by atoms with van der Waals surface area (Å²) < 4.78 is 39.9. The molecule has 12 nitrogen and oxygen atoms in total. The second-order valence-corrected chi connectivity index (χ2v) is 9.62. The van der Waals surface area contributed by atoms with Crippen LogP contribution in [-0.2, 0) is 6.42 Å². The molecule has 0 fully saturated rings. The van der Waals surface area contributed by atoms with Gasteiger partial charge in [-0.2, -0.15) is 22.8 Å². The lowest BCUT2D eigenvalue weighted by molar-refractivity contribution is -0.207. The average molecular weight is 560 g/mol. The molecule has 0 radical (unpaired) electrons. The van der Waals surface area contributed by atoms with E-state index in [4.69, 9.17) is 5.73 Å². The van der Waals surface area contributed by atoms with Gasteiger partial charge >= 0.3 is 6.18 Å². The maximum atomic E-state index is 13.0. The van der Waals surface area contributed by atoms with E-state index < -0.39 is 18.0 Å². The Morgan fingerprint density at radius 1 is 1.20 bits per heavy atom. The molecule has 0 saturated carbocycles. The molecule has 0 aliphatic rings. The molecule has 0 aromatic carbocycles. The SMILES string of the molecule is CC(=O)c1c(CC[C@@H](C)N(C(=O)c2nnc[nH]2)C(C)C)nc2c(-c3ccc([C@@H](O)C(F)(F)F)nc3)cnn2c1N. The van der Waals surface area contributed by atoms with Gasteiger partial charge in [-0.25, -0.2) is 4.98 Å². The first-order chi connectivity index (χ1) is 18.8. The standard InChI is InChI=1S/C25H28F3N9O3/c1-12(2)36(24(40)22-31-11-32-35-22)13(3)5-7-17-19(14(4)38)21(29)37-23(34-17)16(10-33-37)15-6-8-18(30-9-15)20(39)25(26,27)28/h6,8-13,20,39H,5,7,29H2,1-4H3,(H,31,32,35)/t13-,20-/m1/s1. The molecule has 0 spiro atoms. The summed E-state index contributed by atoms with van der Waals surface area (Å²) in [6, 6.07) is 1.99. The maximum absolute atomic E-state index is 13.0. The van der Waals surface area contributed by atoms with Crippen LogP contribution in [0.5, 0.6) is 0 Å². The molecule has 212 valence electrons. The van der Waals surface area contributed by atoms with Crippen molar-refractivity contribution in [2.24, 2.45) is 0 Å². The van der Waals surface area contributed by atoms with Crippen LogP contribution in [0, 0.1) is 0 Å². The van der Waals surface area contributed by atoms with E-state index in [1.807, 2.05) is 20.8 Å². The number of alkyl halides is 3. The molecule has 1 amide bonds. The summed E-state index contributed by atoms with van der Waals surface area (Å²) in [5, 5.41) is 21.2. The number of hydrogen-bond donors (Lipinski definition) is 3. The number of rotatable bonds is 9. The number of hydrogen-bond acceptors (Lipinski definition) is 9. The Morgan fingerprint density at radius 3 is 2.48 bits per heavy atom. The molecule has 15 heteroatoms. The highest BCUT2D eigenvalue weighted by Crippen LogP contribution is 2.33. The Hall–Kier alpha value is -4.40. The minimum atomic E-state index is -4.85. The molecular formula is C25H28F3N9O3. The van der Waals surface area contributed by atoms with Crippen molar-refractivity contribution in [3.05, 3.63) is 53.6 Å². The molecule has 0 aliphatic carbocycles. The number of aromatic nitrogens is 7. The van der Waals surface area contributed by atoms with Gasteiger partial charge < -0.3 is 20.7 Å². The van der Waals surface area contributed by atoms with Crippen molar-refractivity contribution in [1.82, 2.24) is 39.7 Å². The molecule has 40 heavy (non-hydrogen) atoms. The van der Waals surface area contributed by atoms with Crippen LogP contribution >= 0.6 is 0 Å². The number of amides is 1. The van der Waals surface area contributed by atoms with Crippen molar-refractivity contribution in [2.75, 3.05) is 5.73 Å². The molecule has 4 aromatic heterocycles. The van der Waals surface area contributed by atoms with E-state index in [1.54, 1.807) is 4.90 Å². The number of nitrogen functional groups attached to an aromatic ring is 1. The van der Waals surface area contributed by atoms with Crippen LogP contribution in [0.2, 0.25) is 0 Å². The minimum absolute atomic E-state index is 0.0573. The van der Waals surface area contributed by atoms with Crippen molar-refractivity contribution in [3.63, 3.8) is 0 Å². The summed E-state index contributed by atoms with van der Waals surface area (Å²) in [5.74, 6) is -0.474. The van der Waals surface area contributed by atoms with Crippen molar-refractivity contribution < 1.29 is 27.9 Å². The number of aromatic amines is 1. The van der Waals surface area contributed by atoms with Crippen LogP contribution in [0.25, 0.3) is 16.8 Å². The van der Waals surface area contributed by atoms with Crippen molar-refractivity contribution in [3.8, 4) is 11.1 Å². The molecular weight excluding hydrogens is 531 g/mol. The third-order valence-electron chi connectivity index (χ3n) is 6.48. The molecule has 0 saturated heterocycles. The molecule has 4 aromatic rings. The minimum Gasteiger partial charge on any atom is -0.383 e. The Kier molecular flexibility index (Phi) is 7.86. The van der Waals surface area contributed by atoms with Crippen molar-refractivity contribution >= 4 is 23.2 Å². The summed E-state index contributed by atoms with van der Waals surface area (Å²) in [6.45, 7) is 6.98. The molecule has 0 aliphatic heterocycles. The molecule has 4 rings (SSSR count). The van der Waals surface area contributed by atoms with Crippen LogP contribution in [-0.4, -0.2) is 74.7 Å². The molecule has 4 N–H and O–H groups in total. The Labute approximate surface area is 226 Å². The Morgan fingerprint density at radius 2 is 1.93 bits per heavy atom. The second kappa shape index (κ2) is 11.0. The van der Waals surface area contributed by atoms with E-state index in [2.05, 4.69) is 30.2 Å². The van der Waals surface area contributed by atoms with Crippen LogP contribution < -0.4 is 5.73 Å². The number of pyridine rings is 1. The number of Topliss-reactive ketones (excluding diaryl/α,β-unsaturated/α-hetero) is 1. The third-order valence-corrected chi connectivity index (χ3v) is 6.48. The van der Waals surface area contributed by atoms with Crippen molar-refractivity contribution in [2.45, 2.75) is 64.9 Å². The zero-order chi connectivity index (χ0) is 29.4. The number of nitrogens with zero attached hydrogens (tertiary/aromatic N) is 7. The summed E-state index contributed by atoms with van der Waals surface area (Å²) in [4.78, 5) is 38.4. The number of H-pyrrole nitrogens is 1. The van der Waals surface area contributed by atoms with E-state index in [0.29, 0.717) is 23.2 Å². The van der Waals surface area contributed by atoms with Gasteiger partial charge in [0.25, 0.3) is 5.91 Å². The highest BCUT2D eigenvalue weighted by Gasteiger charge is 2.40. The average Bonchev–Trinajstić information content (AvgIpc) is 3.57. The molecule has 2 atom stereocenters. The van der Waals surface area contributed by atoms with E-state index in [1.165, 1.54) is 36.2 Å². The smallest absolute Gasteiger partial charge is 0.383 e. The summed E-state index contributed by atoms with van der Waals surface area (Å²) in [5.41, 5.74) is 7.43. The number of halogens is 3. The lowest BCUT2D eigenvalue weighted by atomic mass is 10.0. The van der Waals surface area contributed by atoms with Gasteiger partial charge in [0.2, 0.25) is 5.82 Å². The summed E-state index contributed by atoms with van der Waals surface area (Å²) >= 11 is 0. The zero-order valence-electron chi connectivity index (χ0n) is 22.1. The number of nitrogens with two attached hydrogens (primary N) is 1. The van der Waals surface area contributed by atoms with E-state index in [-0.39, 0.29) is 53.0 Å². The van der Waals surface area contributed by atoms with Gasteiger partial charge in [0.15, 0.2) is 17.5 Å². The number of ketones is 1. The molecule has 4 heterocycles. The van der Waals surface area contributed by atoms with E-state index >= 15 is 0 Å². The topological polar surface area (TPSA) is 168 Å². The monoisotopic (exact) mass is 559 g/mol. The van der Waals surface area contributed by atoms with Gasteiger partial charge in [-0.3, -0.25) is 14.6 Å². The number of aryl methyl sites for hydroxylation is 1.